The smallest absolute Gasteiger partial charge is 0.344 e. The zero-order chi connectivity index (χ0) is 22.4. The molecule has 1 aromatic heterocycles. The predicted molar refractivity (Wildman–Crippen MR) is 110 cm³/mol. The van der Waals surface area contributed by atoms with Gasteiger partial charge in [-0.25, -0.2) is 9.59 Å². The van der Waals surface area contributed by atoms with Crippen molar-refractivity contribution in [3.05, 3.63) is 59.0 Å². The Balaban J connectivity index is 1.73. The lowest BCUT2D eigenvalue weighted by molar-refractivity contribution is -0.144. The number of carboxylic acid groups (broad SMARTS) is 2. The Hall–Kier alpha value is -3.85. The number of benzene rings is 2. The quantitative estimate of drug-likeness (QED) is 0.468. The van der Waals surface area contributed by atoms with Crippen molar-refractivity contribution < 1.29 is 38.4 Å². The SMILES string of the molecule is CC(Oc1ccc(-c2coc3cc(OCCOCC(=O)O)ccc3c2=O)cc1)C(=O)O. The van der Waals surface area contributed by atoms with Crippen molar-refractivity contribution in [2.45, 2.75) is 13.0 Å². The molecule has 9 nitrogen and oxygen atoms in total. The molecule has 0 amide bonds. The maximum absolute atomic E-state index is 12.9. The van der Waals surface area contributed by atoms with Gasteiger partial charge < -0.3 is 28.8 Å². The molecule has 0 aliphatic rings. The zero-order valence-corrected chi connectivity index (χ0v) is 16.6. The van der Waals surface area contributed by atoms with Crippen molar-refractivity contribution in [3.63, 3.8) is 0 Å². The molecule has 0 radical (unpaired) electrons. The molecule has 31 heavy (non-hydrogen) atoms. The zero-order valence-electron chi connectivity index (χ0n) is 16.6. The van der Waals surface area contributed by atoms with Crippen molar-refractivity contribution in [2.75, 3.05) is 19.8 Å². The molecule has 1 heterocycles. The van der Waals surface area contributed by atoms with Crippen LogP contribution in [0.2, 0.25) is 0 Å². The first-order valence-electron chi connectivity index (χ1n) is 9.33. The standard InChI is InChI=1S/C22H20O9/c1-13(22(26)27)31-15-4-2-14(3-5-15)18-11-30-19-10-16(6-7-17(19)21(18)25)29-9-8-28-12-20(23)24/h2-7,10-11,13H,8-9,12H2,1H3,(H,23,24)(H,26,27). The van der Waals surface area contributed by atoms with Crippen LogP contribution >= 0.6 is 0 Å². The average Bonchev–Trinajstić information content (AvgIpc) is 2.74. The molecule has 0 fully saturated rings. The van der Waals surface area contributed by atoms with Gasteiger partial charge in [0.1, 0.15) is 36.6 Å². The molecule has 0 saturated carbocycles. The molecule has 3 aromatic rings. The van der Waals surface area contributed by atoms with Crippen LogP contribution in [0.1, 0.15) is 6.92 Å². The molecule has 9 heteroatoms. The Morgan fingerprint density at radius 2 is 1.74 bits per heavy atom. The largest absolute Gasteiger partial charge is 0.491 e. The first kappa shape index (κ1) is 21.8. The van der Waals surface area contributed by atoms with Gasteiger partial charge in [-0.2, -0.15) is 0 Å². The highest BCUT2D eigenvalue weighted by Crippen LogP contribution is 2.25. The first-order chi connectivity index (χ1) is 14.8. The minimum absolute atomic E-state index is 0.109. The van der Waals surface area contributed by atoms with Gasteiger partial charge in [0.2, 0.25) is 0 Å². The van der Waals surface area contributed by atoms with E-state index in [2.05, 4.69) is 0 Å². The second-order valence-corrected chi connectivity index (χ2v) is 6.55. The summed E-state index contributed by atoms with van der Waals surface area (Å²) in [4.78, 5) is 34.1. The Bertz CT molecular complexity index is 1130. The number of hydrogen-bond acceptors (Lipinski definition) is 7. The van der Waals surface area contributed by atoms with E-state index >= 15 is 0 Å². The lowest BCUT2D eigenvalue weighted by atomic mass is 10.1. The van der Waals surface area contributed by atoms with E-state index in [0.29, 0.717) is 33.6 Å². The number of rotatable bonds is 10. The summed E-state index contributed by atoms with van der Waals surface area (Å²) in [7, 11) is 0. The van der Waals surface area contributed by atoms with E-state index in [9.17, 15) is 14.4 Å². The van der Waals surface area contributed by atoms with Gasteiger partial charge in [0, 0.05) is 6.07 Å². The molecule has 1 atom stereocenters. The summed E-state index contributed by atoms with van der Waals surface area (Å²) in [6.07, 6.45) is 0.358. The highest BCUT2D eigenvalue weighted by Gasteiger charge is 2.14. The highest BCUT2D eigenvalue weighted by molar-refractivity contribution is 5.82. The van der Waals surface area contributed by atoms with Crippen LogP contribution in [0.15, 0.2) is 57.9 Å². The number of carboxylic acids is 2. The molecule has 0 aliphatic heterocycles. The maximum Gasteiger partial charge on any atom is 0.344 e. The second-order valence-electron chi connectivity index (χ2n) is 6.55. The summed E-state index contributed by atoms with van der Waals surface area (Å²) >= 11 is 0. The topological polar surface area (TPSA) is 132 Å². The molecule has 0 aliphatic carbocycles. The molecule has 162 valence electrons. The van der Waals surface area contributed by atoms with Crippen LogP contribution in [0.3, 0.4) is 0 Å². The summed E-state index contributed by atoms with van der Waals surface area (Å²) in [5, 5.41) is 17.8. The number of hydrogen-bond donors (Lipinski definition) is 2. The van der Waals surface area contributed by atoms with Gasteiger partial charge in [0.05, 0.1) is 17.6 Å². The van der Waals surface area contributed by atoms with E-state index in [1.54, 1.807) is 42.5 Å². The fourth-order valence-electron chi connectivity index (χ4n) is 2.74. The van der Waals surface area contributed by atoms with E-state index in [0.717, 1.165) is 0 Å². The molecule has 2 N–H and O–H groups in total. The monoisotopic (exact) mass is 428 g/mol. The lowest BCUT2D eigenvalue weighted by Gasteiger charge is -2.11. The Morgan fingerprint density at radius 3 is 2.42 bits per heavy atom. The summed E-state index contributed by atoms with van der Waals surface area (Å²) in [5.74, 6) is -1.30. The van der Waals surface area contributed by atoms with Crippen LogP contribution in [0.5, 0.6) is 11.5 Å². The molecule has 0 bridgehead atoms. The van der Waals surface area contributed by atoms with Gasteiger partial charge in [-0.05, 0) is 36.8 Å². The lowest BCUT2D eigenvalue weighted by Crippen LogP contribution is -2.22. The molecule has 1 unspecified atom stereocenters. The molecule has 0 spiro atoms. The summed E-state index contributed by atoms with van der Waals surface area (Å²) in [6.45, 7) is 1.29. The first-order valence-corrected chi connectivity index (χ1v) is 9.33. The minimum Gasteiger partial charge on any atom is -0.491 e. The Kier molecular flexibility index (Phi) is 6.88. The van der Waals surface area contributed by atoms with Crippen molar-refractivity contribution in [1.29, 1.82) is 0 Å². The van der Waals surface area contributed by atoms with Gasteiger partial charge in [-0.3, -0.25) is 4.79 Å². The average molecular weight is 428 g/mol. The predicted octanol–water partition coefficient (Wildman–Crippen LogP) is 2.79. The summed E-state index contributed by atoms with van der Waals surface area (Å²) in [6, 6.07) is 11.2. The van der Waals surface area contributed by atoms with Crippen molar-refractivity contribution in [2.24, 2.45) is 0 Å². The number of ether oxygens (including phenoxy) is 3. The summed E-state index contributed by atoms with van der Waals surface area (Å²) < 4.78 is 21.3. The van der Waals surface area contributed by atoms with Gasteiger partial charge in [0.25, 0.3) is 0 Å². The van der Waals surface area contributed by atoms with Gasteiger partial charge in [-0.15, -0.1) is 0 Å². The highest BCUT2D eigenvalue weighted by atomic mass is 16.5. The molecule has 0 saturated heterocycles. The third-order valence-corrected chi connectivity index (χ3v) is 4.29. The van der Waals surface area contributed by atoms with Gasteiger partial charge >= 0.3 is 11.9 Å². The van der Waals surface area contributed by atoms with E-state index < -0.39 is 24.6 Å². The third-order valence-electron chi connectivity index (χ3n) is 4.29. The van der Waals surface area contributed by atoms with E-state index in [4.69, 9.17) is 28.8 Å². The Morgan fingerprint density at radius 1 is 1.03 bits per heavy atom. The van der Waals surface area contributed by atoms with Crippen molar-refractivity contribution in [3.8, 4) is 22.6 Å². The van der Waals surface area contributed by atoms with Crippen LogP contribution in [0.4, 0.5) is 0 Å². The van der Waals surface area contributed by atoms with Crippen LogP contribution < -0.4 is 14.9 Å². The van der Waals surface area contributed by atoms with Crippen LogP contribution in [-0.4, -0.2) is 48.1 Å². The second kappa shape index (κ2) is 9.77. The fraction of sp³-hybridized carbons (Fsp3) is 0.227. The van der Waals surface area contributed by atoms with E-state index in [1.165, 1.54) is 13.2 Å². The normalized spacial score (nSPS) is 11.8. The molecule has 2 aromatic carbocycles. The molecular weight excluding hydrogens is 408 g/mol. The number of carbonyl (C=O) groups is 2. The van der Waals surface area contributed by atoms with Crippen molar-refractivity contribution in [1.82, 2.24) is 0 Å². The van der Waals surface area contributed by atoms with Crippen LogP contribution in [0.25, 0.3) is 22.1 Å². The molecular formula is C22H20O9. The maximum atomic E-state index is 12.9. The van der Waals surface area contributed by atoms with Crippen LogP contribution in [-0.2, 0) is 14.3 Å². The fourth-order valence-corrected chi connectivity index (χ4v) is 2.74. The van der Waals surface area contributed by atoms with Crippen LogP contribution in [0, 0.1) is 0 Å². The minimum atomic E-state index is -1.07. The van der Waals surface area contributed by atoms with Gasteiger partial charge in [-0.1, -0.05) is 12.1 Å². The van der Waals surface area contributed by atoms with E-state index in [1.807, 2.05) is 0 Å². The Labute approximate surface area is 176 Å². The number of fused-ring (bicyclic) bond motifs is 1. The van der Waals surface area contributed by atoms with Crippen molar-refractivity contribution >= 4 is 22.9 Å². The van der Waals surface area contributed by atoms with E-state index in [-0.39, 0.29) is 18.6 Å². The van der Waals surface area contributed by atoms with Gasteiger partial charge in [0.15, 0.2) is 11.5 Å². The summed E-state index contributed by atoms with van der Waals surface area (Å²) in [5.41, 5.74) is 1.06. The third kappa shape index (κ3) is 5.61. The molecule has 3 rings (SSSR count). The number of aliphatic carboxylic acids is 2.